The van der Waals surface area contributed by atoms with Crippen LogP contribution in [0.2, 0.25) is 0 Å². The van der Waals surface area contributed by atoms with Crippen molar-refractivity contribution in [3.8, 4) is 0 Å². The molecule has 0 bridgehead atoms. The van der Waals surface area contributed by atoms with Crippen LogP contribution < -0.4 is 5.73 Å². The molecule has 0 fully saturated rings. The predicted octanol–water partition coefficient (Wildman–Crippen LogP) is 2.58. The van der Waals surface area contributed by atoms with E-state index in [9.17, 15) is 4.79 Å². The number of amides is 1. The molecule has 1 atom stereocenters. The summed E-state index contributed by atoms with van der Waals surface area (Å²) in [6.45, 7) is 2.67. The van der Waals surface area contributed by atoms with Crippen molar-refractivity contribution in [1.29, 1.82) is 0 Å². The van der Waals surface area contributed by atoms with Gasteiger partial charge in [0.25, 0.3) is 0 Å². The number of carbonyl (C=O) groups is 1. The number of nitrogens with two attached hydrogens (primary N) is 1. The number of likely N-dealkylation sites (N-methyl/N-ethyl adjacent to an activating group) is 1. The second-order valence-corrected chi connectivity index (χ2v) is 5.63. The lowest BCUT2D eigenvalue weighted by Crippen LogP contribution is -2.30. The first-order valence-corrected chi connectivity index (χ1v) is 7.02. The molecule has 18 heavy (non-hydrogen) atoms. The highest BCUT2D eigenvalue weighted by molar-refractivity contribution is 9.10. The molecule has 0 aromatic heterocycles. The largest absolute Gasteiger partial charge is 0.345 e. The van der Waals surface area contributed by atoms with E-state index in [-0.39, 0.29) is 11.9 Å². The van der Waals surface area contributed by atoms with Gasteiger partial charge in [-0.2, -0.15) is 0 Å². The number of rotatable bonds is 6. The van der Waals surface area contributed by atoms with Gasteiger partial charge in [-0.1, -0.05) is 28.1 Å². The number of nitrogens with zero attached hydrogens (tertiary/aromatic N) is 1. The van der Waals surface area contributed by atoms with E-state index in [1.165, 1.54) is 5.56 Å². The van der Waals surface area contributed by atoms with Crippen LogP contribution in [0, 0.1) is 0 Å². The lowest BCUT2D eigenvalue weighted by molar-refractivity contribution is -0.130. The van der Waals surface area contributed by atoms with Crippen molar-refractivity contribution >= 4 is 21.8 Å². The minimum atomic E-state index is 0.0902. The Kier molecular flexibility index (Phi) is 6.36. The van der Waals surface area contributed by atoms with Gasteiger partial charge in [-0.05, 0) is 37.5 Å². The van der Waals surface area contributed by atoms with Gasteiger partial charge in [-0.15, -0.1) is 0 Å². The molecule has 3 nitrogen and oxygen atoms in total. The third-order valence-corrected chi connectivity index (χ3v) is 3.36. The molecule has 1 unspecified atom stereocenters. The van der Waals surface area contributed by atoms with Crippen LogP contribution >= 0.6 is 15.9 Å². The minimum Gasteiger partial charge on any atom is -0.345 e. The van der Waals surface area contributed by atoms with Crippen LogP contribution in [-0.2, 0) is 11.2 Å². The van der Waals surface area contributed by atoms with Crippen molar-refractivity contribution in [2.75, 3.05) is 13.6 Å². The normalized spacial score (nSPS) is 12.2. The summed E-state index contributed by atoms with van der Waals surface area (Å²) in [5.41, 5.74) is 6.88. The van der Waals surface area contributed by atoms with E-state index in [0.717, 1.165) is 23.9 Å². The van der Waals surface area contributed by atoms with E-state index >= 15 is 0 Å². The van der Waals surface area contributed by atoms with Gasteiger partial charge in [0, 0.05) is 30.5 Å². The van der Waals surface area contributed by atoms with Gasteiger partial charge in [0.15, 0.2) is 0 Å². The van der Waals surface area contributed by atoms with Gasteiger partial charge in [0.05, 0.1) is 0 Å². The van der Waals surface area contributed by atoms with Crippen molar-refractivity contribution in [3.63, 3.8) is 0 Å². The lowest BCUT2D eigenvalue weighted by Gasteiger charge is -2.17. The maximum atomic E-state index is 11.8. The molecule has 1 rings (SSSR count). The third kappa shape index (κ3) is 5.65. The third-order valence-electron chi connectivity index (χ3n) is 2.86. The fourth-order valence-corrected chi connectivity index (χ4v) is 2.10. The first-order chi connectivity index (χ1) is 8.49. The molecular weight excluding hydrogens is 292 g/mol. The van der Waals surface area contributed by atoms with E-state index in [0.29, 0.717) is 6.42 Å². The van der Waals surface area contributed by atoms with Crippen molar-refractivity contribution in [1.82, 2.24) is 4.90 Å². The SMILES string of the molecule is CC(N)CCC(=O)N(C)CCc1cccc(Br)c1. The molecule has 0 heterocycles. The Bertz CT molecular complexity index is 393. The maximum absolute atomic E-state index is 11.8. The standard InChI is InChI=1S/C14H21BrN2O/c1-11(16)6-7-14(18)17(2)9-8-12-4-3-5-13(15)10-12/h3-5,10-11H,6-9,16H2,1-2H3. The van der Waals surface area contributed by atoms with Gasteiger partial charge in [0.2, 0.25) is 5.91 Å². The first-order valence-electron chi connectivity index (χ1n) is 6.23. The molecule has 4 heteroatoms. The van der Waals surface area contributed by atoms with Crippen molar-refractivity contribution in [3.05, 3.63) is 34.3 Å². The molecule has 1 aromatic carbocycles. The highest BCUT2D eigenvalue weighted by atomic mass is 79.9. The molecule has 1 aromatic rings. The average Bonchev–Trinajstić information content (AvgIpc) is 2.33. The maximum Gasteiger partial charge on any atom is 0.222 e. The van der Waals surface area contributed by atoms with Gasteiger partial charge in [0.1, 0.15) is 0 Å². The van der Waals surface area contributed by atoms with Gasteiger partial charge >= 0.3 is 0 Å². The molecule has 100 valence electrons. The summed E-state index contributed by atoms with van der Waals surface area (Å²) in [6.07, 6.45) is 2.16. The second-order valence-electron chi connectivity index (χ2n) is 4.71. The van der Waals surface area contributed by atoms with Crippen LogP contribution in [0.1, 0.15) is 25.3 Å². The van der Waals surface area contributed by atoms with Crippen LogP contribution in [0.25, 0.3) is 0 Å². The van der Waals surface area contributed by atoms with Crippen LogP contribution in [-0.4, -0.2) is 30.4 Å². The molecule has 0 saturated carbocycles. The van der Waals surface area contributed by atoms with Crippen LogP contribution in [0.5, 0.6) is 0 Å². The van der Waals surface area contributed by atoms with Crippen LogP contribution in [0.4, 0.5) is 0 Å². The van der Waals surface area contributed by atoms with Crippen molar-refractivity contribution in [2.45, 2.75) is 32.2 Å². The summed E-state index contributed by atoms with van der Waals surface area (Å²) < 4.78 is 1.07. The molecule has 0 aliphatic rings. The molecule has 2 N–H and O–H groups in total. The molecule has 0 saturated heterocycles. The topological polar surface area (TPSA) is 46.3 Å². The average molecular weight is 313 g/mol. The highest BCUT2D eigenvalue weighted by Gasteiger charge is 2.09. The quantitative estimate of drug-likeness (QED) is 0.877. The van der Waals surface area contributed by atoms with E-state index < -0.39 is 0 Å². The Morgan fingerprint density at radius 1 is 1.50 bits per heavy atom. The van der Waals surface area contributed by atoms with Crippen LogP contribution in [0.3, 0.4) is 0 Å². The summed E-state index contributed by atoms with van der Waals surface area (Å²) in [6, 6.07) is 8.26. The second kappa shape index (κ2) is 7.54. The van der Waals surface area contributed by atoms with Crippen molar-refractivity contribution < 1.29 is 4.79 Å². The van der Waals surface area contributed by atoms with Gasteiger partial charge < -0.3 is 10.6 Å². The van der Waals surface area contributed by atoms with E-state index in [2.05, 4.69) is 28.1 Å². The molecule has 0 aliphatic heterocycles. The lowest BCUT2D eigenvalue weighted by atomic mass is 10.1. The zero-order valence-corrected chi connectivity index (χ0v) is 12.6. The van der Waals surface area contributed by atoms with Gasteiger partial charge in [-0.3, -0.25) is 4.79 Å². The molecule has 0 radical (unpaired) electrons. The fourth-order valence-electron chi connectivity index (χ4n) is 1.66. The Morgan fingerprint density at radius 3 is 2.83 bits per heavy atom. The predicted molar refractivity (Wildman–Crippen MR) is 78.4 cm³/mol. The molecule has 1 amide bonds. The fraction of sp³-hybridized carbons (Fsp3) is 0.500. The number of benzene rings is 1. The number of halogens is 1. The number of hydrogen-bond donors (Lipinski definition) is 1. The smallest absolute Gasteiger partial charge is 0.222 e. The summed E-state index contributed by atoms with van der Waals surface area (Å²) in [7, 11) is 1.85. The Labute approximate surface area is 117 Å². The van der Waals surface area contributed by atoms with E-state index in [1.807, 2.05) is 26.1 Å². The summed E-state index contributed by atoms with van der Waals surface area (Å²) in [5, 5.41) is 0. The van der Waals surface area contributed by atoms with Crippen molar-refractivity contribution in [2.24, 2.45) is 5.73 Å². The van der Waals surface area contributed by atoms with E-state index in [4.69, 9.17) is 5.73 Å². The minimum absolute atomic E-state index is 0.0902. The van der Waals surface area contributed by atoms with Crippen LogP contribution in [0.15, 0.2) is 28.7 Å². The van der Waals surface area contributed by atoms with E-state index in [1.54, 1.807) is 4.90 Å². The molecule has 0 aliphatic carbocycles. The monoisotopic (exact) mass is 312 g/mol. The summed E-state index contributed by atoms with van der Waals surface area (Å²) in [4.78, 5) is 13.6. The van der Waals surface area contributed by atoms with Gasteiger partial charge in [-0.25, -0.2) is 0 Å². The first kappa shape index (κ1) is 15.2. The Balaban J connectivity index is 2.36. The zero-order chi connectivity index (χ0) is 13.5. The Morgan fingerprint density at radius 2 is 2.22 bits per heavy atom. The molecular formula is C14H21BrN2O. The number of carbonyl (C=O) groups excluding carboxylic acids is 1. The Hall–Kier alpha value is -0.870. The summed E-state index contributed by atoms with van der Waals surface area (Å²) in [5.74, 6) is 0.169. The summed E-state index contributed by atoms with van der Waals surface area (Å²) >= 11 is 3.44. The highest BCUT2D eigenvalue weighted by Crippen LogP contribution is 2.12. The number of hydrogen-bond acceptors (Lipinski definition) is 2. The zero-order valence-electron chi connectivity index (χ0n) is 11.0. The molecule has 0 spiro atoms.